The lowest BCUT2D eigenvalue weighted by Crippen LogP contribution is -2.08. The van der Waals surface area contributed by atoms with Gasteiger partial charge in [-0.15, -0.1) is 0 Å². The lowest BCUT2D eigenvalue weighted by atomic mass is 10.1. The molecular weight excluding hydrogens is 242 g/mol. The van der Waals surface area contributed by atoms with E-state index in [2.05, 4.69) is 10.1 Å². The average Bonchev–Trinajstić information content (AvgIpc) is 2.71. The molecular formula is C14H17N3O2. The van der Waals surface area contributed by atoms with E-state index < -0.39 is 5.97 Å². The quantitative estimate of drug-likeness (QED) is 0.914. The Bertz CT molecular complexity index is 617. The summed E-state index contributed by atoms with van der Waals surface area (Å²) in [7, 11) is 0. The van der Waals surface area contributed by atoms with Crippen molar-refractivity contribution < 1.29 is 9.90 Å². The number of nitrogens with zero attached hydrogens (tertiary/aromatic N) is 3. The minimum Gasteiger partial charge on any atom is -0.481 e. The van der Waals surface area contributed by atoms with Crippen LogP contribution in [0.15, 0.2) is 18.2 Å². The van der Waals surface area contributed by atoms with E-state index in [9.17, 15) is 4.79 Å². The third kappa shape index (κ3) is 2.81. The maximum atomic E-state index is 10.7. The minimum absolute atomic E-state index is 0.0585. The van der Waals surface area contributed by atoms with Crippen molar-refractivity contribution >= 4 is 5.97 Å². The van der Waals surface area contributed by atoms with Crippen LogP contribution >= 0.6 is 0 Å². The Labute approximate surface area is 111 Å². The van der Waals surface area contributed by atoms with Gasteiger partial charge in [0.2, 0.25) is 0 Å². The van der Waals surface area contributed by atoms with Gasteiger partial charge in [0.05, 0.1) is 12.1 Å². The highest BCUT2D eigenvalue weighted by atomic mass is 16.4. The summed E-state index contributed by atoms with van der Waals surface area (Å²) >= 11 is 0. The van der Waals surface area contributed by atoms with Crippen molar-refractivity contribution in [2.45, 2.75) is 33.6 Å². The Morgan fingerprint density at radius 2 is 2.05 bits per heavy atom. The van der Waals surface area contributed by atoms with Crippen LogP contribution < -0.4 is 0 Å². The predicted molar refractivity (Wildman–Crippen MR) is 71.5 cm³/mol. The van der Waals surface area contributed by atoms with Gasteiger partial charge >= 0.3 is 5.97 Å². The zero-order valence-corrected chi connectivity index (χ0v) is 11.3. The van der Waals surface area contributed by atoms with Gasteiger partial charge in [0, 0.05) is 6.42 Å². The van der Waals surface area contributed by atoms with Crippen LogP contribution in [0.5, 0.6) is 0 Å². The molecule has 1 aromatic heterocycles. The molecule has 0 amide bonds. The molecule has 5 nitrogen and oxygen atoms in total. The second-order valence-corrected chi connectivity index (χ2v) is 4.60. The number of aryl methyl sites for hydroxylation is 3. The third-order valence-electron chi connectivity index (χ3n) is 3.15. The van der Waals surface area contributed by atoms with Crippen LogP contribution in [0.2, 0.25) is 0 Å². The Morgan fingerprint density at radius 1 is 1.32 bits per heavy atom. The van der Waals surface area contributed by atoms with E-state index in [-0.39, 0.29) is 6.42 Å². The van der Waals surface area contributed by atoms with Gasteiger partial charge < -0.3 is 5.11 Å². The van der Waals surface area contributed by atoms with Crippen LogP contribution in [0.3, 0.4) is 0 Å². The molecule has 0 aliphatic rings. The van der Waals surface area contributed by atoms with Crippen molar-refractivity contribution in [1.82, 2.24) is 14.8 Å². The standard InChI is InChI=1S/C14H17N3O2/c1-9-5-4-6-12(10(9)2)17-13(7-8-14(18)19)15-11(3)16-17/h4-6H,7-8H2,1-3H3,(H,18,19). The van der Waals surface area contributed by atoms with Gasteiger partial charge in [-0.2, -0.15) is 5.10 Å². The molecule has 1 aromatic carbocycles. The molecule has 0 saturated heterocycles. The van der Waals surface area contributed by atoms with Crippen molar-refractivity contribution in [3.8, 4) is 5.69 Å². The predicted octanol–water partition coefficient (Wildman–Crippen LogP) is 2.21. The van der Waals surface area contributed by atoms with Gasteiger partial charge in [-0.05, 0) is 38.0 Å². The minimum atomic E-state index is -0.826. The molecule has 1 heterocycles. The highest BCUT2D eigenvalue weighted by Gasteiger charge is 2.13. The number of aliphatic carboxylic acids is 1. The molecule has 0 atom stereocenters. The van der Waals surface area contributed by atoms with Crippen LogP contribution in [0.1, 0.15) is 29.2 Å². The molecule has 2 aromatic rings. The first-order chi connectivity index (χ1) is 8.99. The molecule has 100 valence electrons. The van der Waals surface area contributed by atoms with Crippen molar-refractivity contribution in [1.29, 1.82) is 0 Å². The fourth-order valence-corrected chi connectivity index (χ4v) is 2.00. The van der Waals surface area contributed by atoms with Crippen LogP contribution in [-0.2, 0) is 11.2 Å². The normalized spacial score (nSPS) is 10.7. The summed E-state index contributed by atoms with van der Waals surface area (Å²) in [6.45, 7) is 5.88. The van der Waals surface area contributed by atoms with E-state index in [0.29, 0.717) is 18.1 Å². The topological polar surface area (TPSA) is 68.0 Å². The van der Waals surface area contributed by atoms with E-state index in [1.807, 2.05) is 39.0 Å². The maximum Gasteiger partial charge on any atom is 0.303 e. The van der Waals surface area contributed by atoms with Crippen LogP contribution in [-0.4, -0.2) is 25.8 Å². The van der Waals surface area contributed by atoms with E-state index in [1.165, 1.54) is 5.56 Å². The smallest absolute Gasteiger partial charge is 0.303 e. The van der Waals surface area contributed by atoms with Crippen molar-refractivity contribution in [3.63, 3.8) is 0 Å². The zero-order valence-electron chi connectivity index (χ0n) is 11.3. The largest absolute Gasteiger partial charge is 0.481 e. The fraction of sp³-hybridized carbons (Fsp3) is 0.357. The van der Waals surface area contributed by atoms with E-state index in [0.717, 1.165) is 11.3 Å². The number of carboxylic acids is 1. The molecule has 19 heavy (non-hydrogen) atoms. The molecule has 0 unspecified atom stereocenters. The zero-order chi connectivity index (χ0) is 14.0. The second-order valence-electron chi connectivity index (χ2n) is 4.60. The summed E-state index contributed by atoms with van der Waals surface area (Å²) in [5, 5.41) is 13.2. The van der Waals surface area contributed by atoms with Gasteiger partial charge in [0.1, 0.15) is 11.6 Å². The number of carbonyl (C=O) groups is 1. The molecule has 0 fully saturated rings. The Kier molecular flexibility index (Phi) is 3.64. The first kappa shape index (κ1) is 13.3. The Balaban J connectivity index is 2.44. The van der Waals surface area contributed by atoms with Crippen LogP contribution in [0.25, 0.3) is 5.69 Å². The number of carboxylic acid groups (broad SMARTS) is 1. The molecule has 1 N–H and O–H groups in total. The Hall–Kier alpha value is -2.17. The van der Waals surface area contributed by atoms with E-state index >= 15 is 0 Å². The SMILES string of the molecule is Cc1nc(CCC(=O)O)n(-c2cccc(C)c2C)n1. The highest BCUT2D eigenvalue weighted by molar-refractivity contribution is 5.66. The summed E-state index contributed by atoms with van der Waals surface area (Å²) in [5.41, 5.74) is 3.26. The van der Waals surface area contributed by atoms with Gasteiger partial charge in [0.15, 0.2) is 0 Å². The third-order valence-corrected chi connectivity index (χ3v) is 3.15. The molecule has 5 heteroatoms. The summed E-state index contributed by atoms with van der Waals surface area (Å²) < 4.78 is 1.75. The van der Waals surface area contributed by atoms with Gasteiger partial charge in [0.25, 0.3) is 0 Å². The summed E-state index contributed by atoms with van der Waals surface area (Å²) in [6.07, 6.45) is 0.437. The highest BCUT2D eigenvalue weighted by Crippen LogP contribution is 2.18. The molecule has 2 rings (SSSR count). The number of aromatic nitrogens is 3. The first-order valence-electron chi connectivity index (χ1n) is 6.20. The number of hydrogen-bond donors (Lipinski definition) is 1. The number of hydrogen-bond acceptors (Lipinski definition) is 3. The van der Waals surface area contributed by atoms with E-state index in [4.69, 9.17) is 5.11 Å². The average molecular weight is 259 g/mol. The number of benzene rings is 1. The molecule has 0 saturated carbocycles. The molecule has 0 radical (unpaired) electrons. The van der Waals surface area contributed by atoms with Gasteiger partial charge in [-0.1, -0.05) is 12.1 Å². The molecule has 0 aliphatic carbocycles. The Morgan fingerprint density at radius 3 is 2.74 bits per heavy atom. The van der Waals surface area contributed by atoms with Crippen LogP contribution in [0.4, 0.5) is 0 Å². The monoisotopic (exact) mass is 259 g/mol. The first-order valence-corrected chi connectivity index (χ1v) is 6.20. The molecule has 0 spiro atoms. The van der Waals surface area contributed by atoms with Gasteiger partial charge in [-0.25, -0.2) is 9.67 Å². The second kappa shape index (κ2) is 5.22. The van der Waals surface area contributed by atoms with Crippen molar-refractivity contribution in [2.75, 3.05) is 0 Å². The summed E-state index contributed by atoms with van der Waals surface area (Å²) in [4.78, 5) is 15.0. The number of rotatable bonds is 4. The summed E-state index contributed by atoms with van der Waals surface area (Å²) in [6, 6.07) is 5.98. The van der Waals surface area contributed by atoms with E-state index in [1.54, 1.807) is 4.68 Å². The fourth-order valence-electron chi connectivity index (χ4n) is 2.00. The van der Waals surface area contributed by atoms with Crippen molar-refractivity contribution in [2.24, 2.45) is 0 Å². The van der Waals surface area contributed by atoms with Crippen LogP contribution in [0, 0.1) is 20.8 Å². The lowest BCUT2D eigenvalue weighted by Gasteiger charge is -2.10. The lowest BCUT2D eigenvalue weighted by molar-refractivity contribution is -0.137. The summed E-state index contributed by atoms with van der Waals surface area (Å²) in [5.74, 6) is 0.517. The molecule has 0 aliphatic heterocycles. The van der Waals surface area contributed by atoms with Gasteiger partial charge in [-0.3, -0.25) is 4.79 Å². The molecule has 0 bridgehead atoms. The van der Waals surface area contributed by atoms with Crippen molar-refractivity contribution in [3.05, 3.63) is 41.0 Å². The maximum absolute atomic E-state index is 10.7.